The summed E-state index contributed by atoms with van der Waals surface area (Å²) in [6.07, 6.45) is 2.31. The molecule has 116 valence electrons. The van der Waals surface area contributed by atoms with Crippen LogP contribution in [-0.4, -0.2) is 53.2 Å². The maximum Gasteiger partial charge on any atom is 0.289 e. The number of carbonyl (C=O) groups is 2. The summed E-state index contributed by atoms with van der Waals surface area (Å²) in [6.45, 7) is 4.36. The van der Waals surface area contributed by atoms with Gasteiger partial charge in [0, 0.05) is 25.4 Å². The molecule has 1 aromatic rings. The van der Waals surface area contributed by atoms with Gasteiger partial charge in [-0.1, -0.05) is 30.3 Å². The second-order valence-electron chi connectivity index (χ2n) is 6.89. The first-order chi connectivity index (χ1) is 10.7. The van der Waals surface area contributed by atoms with Gasteiger partial charge in [0.15, 0.2) is 0 Å². The van der Waals surface area contributed by atoms with Crippen LogP contribution in [0.25, 0.3) is 0 Å². The summed E-state index contributed by atoms with van der Waals surface area (Å²) >= 11 is 0. The average molecular weight is 298 g/mol. The van der Waals surface area contributed by atoms with E-state index in [0.717, 1.165) is 25.9 Å². The molecule has 22 heavy (non-hydrogen) atoms. The van der Waals surface area contributed by atoms with Crippen molar-refractivity contribution in [3.63, 3.8) is 0 Å². The van der Waals surface area contributed by atoms with E-state index in [1.165, 1.54) is 12.5 Å². The first-order valence-corrected chi connectivity index (χ1v) is 8.27. The minimum absolute atomic E-state index is 0.226. The topological polar surface area (TPSA) is 40.6 Å². The van der Waals surface area contributed by atoms with Crippen molar-refractivity contribution < 1.29 is 9.59 Å². The number of piperidine rings is 3. The molecular weight excluding hydrogens is 276 g/mol. The van der Waals surface area contributed by atoms with Gasteiger partial charge >= 0.3 is 0 Å². The lowest BCUT2D eigenvalue weighted by Gasteiger charge is -2.51. The minimum atomic E-state index is -0.330. The zero-order valence-corrected chi connectivity index (χ0v) is 12.9. The van der Waals surface area contributed by atoms with Crippen molar-refractivity contribution in [1.29, 1.82) is 0 Å². The van der Waals surface area contributed by atoms with E-state index >= 15 is 0 Å². The average Bonchev–Trinajstić information content (AvgIpc) is 2.98. The molecule has 4 fully saturated rings. The number of ketones is 1. The summed E-state index contributed by atoms with van der Waals surface area (Å²) in [5.41, 5.74) is 1.30. The Labute approximate surface area is 131 Å². The first-order valence-electron chi connectivity index (χ1n) is 8.27. The van der Waals surface area contributed by atoms with Crippen molar-refractivity contribution in [3.8, 4) is 0 Å². The Bertz CT molecular complexity index is 592. The standard InChI is InChI=1S/C18H22N2O2/c1-12(21)18(22)20-11-15(13-5-3-2-4-6-13)17-16(20)14-7-9-19(17)10-8-14/h2-6,14-17H,7-11H2,1H3/t15-,16+,17+/m1/s1. The van der Waals surface area contributed by atoms with Crippen molar-refractivity contribution in [2.75, 3.05) is 19.6 Å². The second kappa shape index (κ2) is 5.20. The molecule has 0 aliphatic carbocycles. The van der Waals surface area contributed by atoms with E-state index in [4.69, 9.17) is 0 Å². The number of benzene rings is 1. The van der Waals surface area contributed by atoms with Gasteiger partial charge in [0.05, 0.1) is 6.04 Å². The Kier molecular flexibility index (Phi) is 3.30. The molecule has 4 aliphatic heterocycles. The predicted molar refractivity (Wildman–Crippen MR) is 83.5 cm³/mol. The molecule has 1 aromatic carbocycles. The Morgan fingerprint density at radius 1 is 1.05 bits per heavy atom. The molecule has 4 heteroatoms. The number of hydrogen-bond donors (Lipinski definition) is 0. The second-order valence-corrected chi connectivity index (χ2v) is 6.89. The third kappa shape index (κ3) is 2.01. The van der Waals surface area contributed by atoms with Gasteiger partial charge in [0.25, 0.3) is 5.91 Å². The van der Waals surface area contributed by atoms with Gasteiger partial charge in [-0.2, -0.15) is 0 Å². The number of Topliss-reactive ketones (excluding diaryl/α,β-unsaturated/α-hetero) is 1. The van der Waals surface area contributed by atoms with Crippen LogP contribution in [0.4, 0.5) is 0 Å². The molecule has 2 bridgehead atoms. The lowest BCUT2D eigenvalue weighted by Crippen LogP contribution is -2.61. The van der Waals surface area contributed by atoms with Crippen molar-refractivity contribution in [1.82, 2.24) is 9.80 Å². The predicted octanol–water partition coefficient (Wildman–Crippen LogP) is 1.66. The maximum atomic E-state index is 12.4. The van der Waals surface area contributed by atoms with Gasteiger partial charge in [-0.25, -0.2) is 0 Å². The molecule has 4 aliphatic rings. The number of likely N-dealkylation sites (tertiary alicyclic amines) is 1. The quantitative estimate of drug-likeness (QED) is 0.780. The fourth-order valence-corrected chi connectivity index (χ4v) is 4.85. The Balaban J connectivity index is 1.72. The van der Waals surface area contributed by atoms with Crippen LogP contribution >= 0.6 is 0 Å². The Morgan fingerprint density at radius 2 is 1.73 bits per heavy atom. The van der Waals surface area contributed by atoms with Gasteiger partial charge in [-0.05, 0) is 37.4 Å². The Hall–Kier alpha value is -1.68. The highest BCUT2D eigenvalue weighted by molar-refractivity contribution is 6.35. The van der Waals surface area contributed by atoms with Gasteiger partial charge in [-0.3, -0.25) is 14.5 Å². The van der Waals surface area contributed by atoms with Crippen molar-refractivity contribution in [2.24, 2.45) is 5.92 Å². The molecule has 5 rings (SSSR count). The molecule has 4 heterocycles. The number of nitrogens with zero attached hydrogens (tertiary/aromatic N) is 2. The SMILES string of the molecule is CC(=O)C(=O)N1C[C@H](c2ccccc2)[C@H]2[C@@H]1C1CCN2CC1. The normalized spacial score (nSPS) is 36.2. The summed E-state index contributed by atoms with van der Waals surface area (Å²) in [5.74, 6) is 0.274. The van der Waals surface area contributed by atoms with Gasteiger partial charge in [0.1, 0.15) is 0 Å². The summed E-state index contributed by atoms with van der Waals surface area (Å²) in [7, 11) is 0. The lowest BCUT2D eigenvalue weighted by molar-refractivity contribution is -0.146. The number of rotatable bonds is 2. The van der Waals surface area contributed by atoms with Gasteiger partial charge in [-0.15, -0.1) is 0 Å². The molecule has 0 aromatic heterocycles. The van der Waals surface area contributed by atoms with E-state index in [1.54, 1.807) is 0 Å². The van der Waals surface area contributed by atoms with Crippen LogP contribution in [0.2, 0.25) is 0 Å². The lowest BCUT2D eigenvalue weighted by atomic mass is 9.75. The molecule has 0 radical (unpaired) electrons. The molecule has 0 unspecified atom stereocenters. The molecule has 0 spiro atoms. The van der Waals surface area contributed by atoms with Gasteiger partial charge in [0.2, 0.25) is 5.78 Å². The molecule has 4 saturated heterocycles. The van der Waals surface area contributed by atoms with E-state index < -0.39 is 0 Å². The number of amides is 1. The molecule has 0 N–H and O–H groups in total. The fourth-order valence-electron chi connectivity index (χ4n) is 4.85. The zero-order chi connectivity index (χ0) is 15.3. The van der Waals surface area contributed by atoms with Crippen molar-refractivity contribution >= 4 is 11.7 Å². The number of carbonyl (C=O) groups excluding carboxylic acids is 2. The monoisotopic (exact) mass is 298 g/mol. The summed E-state index contributed by atoms with van der Waals surface area (Å²) in [6, 6.07) is 11.1. The highest BCUT2D eigenvalue weighted by Gasteiger charge is 2.54. The molecule has 4 nitrogen and oxygen atoms in total. The highest BCUT2D eigenvalue weighted by Crippen LogP contribution is 2.46. The van der Waals surface area contributed by atoms with Crippen LogP contribution in [-0.2, 0) is 9.59 Å². The molecule has 0 saturated carbocycles. The van der Waals surface area contributed by atoms with E-state index in [9.17, 15) is 9.59 Å². The summed E-state index contributed by atoms with van der Waals surface area (Å²) in [5, 5.41) is 0. The summed E-state index contributed by atoms with van der Waals surface area (Å²) in [4.78, 5) is 28.5. The maximum absolute atomic E-state index is 12.4. The zero-order valence-electron chi connectivity index (χ0n) is 12.9. The van der Waals surface area contributed by atoms with Crippen LogP contribution in [0.5, 0.6) is 0 Å². The van der Waals surface area contributed by atoms with E-state index in [2.05, 4.69) is 29.2 Å². The third-order valence-electron chi connectivity index (χ3n) is 5.78. The molecular formula is C18H22N2O2. The largest absolute Gasteiger partial charge is 0.331 e. The van der Waals surface area contributed by atoms with Crippen LogP contribution in [0.3, 0.4) is 0 Å². The van der Waals surface area contributed by atoms with E-state index in [-0.39, 0.29) is 17.7 Å². The van der Waals surface area contributed by atoms with Crippen LogP contribution in [0.1, 0.15) is 31.2 Å². The Morgan fingerprint density at radius 3 is 2.36 bits per heavy atom. The van der Waals surface area contributed by atoms with Crippen LogP contribution < -0.4 is 0 Å². The van der Waals surface area contributed by atoms with E-state index in [0.29, 0.717) is 24.4 Å². The van der Waals surface area contributed by atoms with Crippen LogP contribution in [0, 0.1) is 5.92 Å². The number of hydrogen-bond acceptors (Lipinski definition) is 3. The summed E-state index contributed by atoms with van der Waals surface area (Å²) < 4.78 is 0. The third-order valence-corrected chi connectivity index (χ3v) is 5.78. The van der Waals surface area contributed by atoms with Gasteiger partial charge < -0.3 is 4.90 Å². The number of fused-ring (bicyclic) bond motifs is 2. The first kappa shape index (κ1) is 13.9. The minimum Gasteiger partial charge on any atom is -0.331 e. The van der Waals surface area contributed by atoms with Crippen LogP contribution in [0.15, 0.2) is 30.3 Å². The van der Waals surface area contributed by atoms with Crippen molar-refractivity contribution in [2.45, 2.75) is 37.8 Å². The molecule has 3 atom stereocenters. The van der Waals surface area contributed by atoms with E-state index in [1.807, 2.05) is 11.0 Å². The fraction of sp³-hybridized carbons (Fsp3) is 0.556. The molecule has 1 amide bonds. The highest BCUT2D eigenvalue weighted by atomic mass is 16.2. The van der Waals surface area contributed by atoms with Crippen molar-refractivity contribution in [3.05, 3.63) is 35.9 Å². The smallest absolute Gasteiger partial charge is 0.289 e.